The fraction of sp³-hybridized carbons (Fsp3) is 0.190. The van der Waals surface area contributed by atoms with E-state index in [4.69, 9.17) is 4.74 Å². The summed E-state index contributed by atoms with van der Waals surface area (Å²) in [5.41, 5.74) is 3.50. The number of benzene rings is 2. The summed E-state index contributed by atoms with van der Waals surface area (Å²) < 4.78 is 4.77. The van der Waals surface area contributed by atoms with Gasteiger partial charge in [0.2, 0.25) is 0 Å². The maximum absolute atomic E-state index is 11.7. The van der Waals surface area contributed by atoms with E-state index >= 15 is 0 Å². The molecule has 0 amide bonds. The van der Waals surface area contributed by atoms with Crippen LogP contribution in [0.4, 0.5) is 23.0 Å². The number of anilines is 4. The normalized spacial score (nSPS) is 10.3. The van der Waals surface area contributed by atoms with Crippen molar-refractivity contribution in [2.75, 3.05) is 23.9 Å². The zero-order valence-electron chi connectivity index (χ0n) is 15.6. The van der Waals surface area contributed by atoms with Crippen LogP contribution in [0.3, 0.4) is 0 Å². The highest BCUT2D eigenvalue weighted by molar-refractivity contribution is 5.90. The van der Waals surface area contributed by atoms with Crippen molar-refractivity contribution in [2.24, 2.45) is 0 Å². The second-order valence-corrected chi connectivity index (χ2v) is 6.04. The number of rotatable bonds is 6. The van der Waals surface area contributed by atoms with Gasteiger partial charge in [-0.3, -0.25) is 0 Å². The Morgan fingerprint density at radius 1 is 1.11 bits per heavy atom. The molecule has 1 aromatic heterocycles. The Bertz CT molecular complexity index is 943. The quantitative estimate of drug-likeness (QED) is 0.653. The van der Waals surface area contributed by atoms with E-state index in [0.29, 0.717) is 11.4 Å². The van der Waals surface area contributed by atoms with Crippen LogP contribution in [0.25, 0.3) is 0 Å². The number of aryl methyl sites for hydroxylation is 1. The van der Waals surface area contributed by atoms with Gasteiger partial charge in [-0.25, -0.2) is 14.8 Å². The molecule has 3 aromatic rings. The van der Waals surface area contributed by atoms with Crippen molar-refractivity contribution in [3.63, 3.8) is 0 Å². The van der Waals surface area contributed by atoms with Crippen LogP contribution in [0.1, 0.15) is 22.8 Å². The molecular weight excluding hydrogens is 340 g/mol. The molecule has 0 bridgehead atoms. The minimum Gasteiger partial charge on any atom is -0.465 e. The zero-order chi connectivity index (χ0) is 19.2. The monoisotopic (exact) mass is 362 g/mol. The summed E-state index contributed by atoms with van der Waals surface area (Å²) in [6.45, 7) is 4.92. The lowest BCUT2D eigenvalue weighted by Crippen LogP contribution is -2.17. The Balaban J connectivity index is 1.86. The van der Waals surface area contributed by atoms with E-state index in [-0.39, 0.29) is 5.97 Å². The molecule has 1 N–H and O–H groups in total. The third kappa shape index (κ3) is 4.41. The maximum atomic E-state index is 11.7. The van der Waals surface area contributed by atoms with Crippen molar-refractivity contribution in [3.8, 4) is 0 Å². The molecule has 6 nitrogen and oxygen atoms in total. The molecule has 27 heavy (non-hydrogen) atoms. The van der Waals surface area contributed by atoms with E-state index in [2.05, 4.69) is 52.2 Å². The second kappa shape index (κ2) is 8.31. The minimum absolute atomic E-state index is 0.376. The first kappa shape index (κ1) is 18.4. The average Bonchev–Trinajstić information content (AvgIpc) is 2.68. The molecule has 0 saturated heterocycles. The van der Waals surface area contributed by atoms with Crippen molar-refractivity contribution >= 4 is 29.0 Å². The maximum Gasteiger partial charge on any atom is 0.337 e. The van der Waals surface area contributed by atoms with Crippen LogP contribution in [0.5, 0.6) is 0 Å². The highest BCUT2D eigenvalue weighted by Gasteiger charge is 2.11. The van der Waals surface area contributed by atoms with E-state index < -0.39 is 0 Å². The van der Waals surface area contributed by atoms with Gasteiger partial charge in [0.05, 0.1) is 12.7 Å². The lowest BCUT2D eigenvalue weighted by molar-refractivity contribution is 0.0601. The van der Waals surface area contributed by atoms with Gasteiger partial charge in [-0.1, -0.05) is 18.2 Å². The van der Waals surface area contributed by atoms with Crippen molar-refractivity contribution in [3.05, 3.63) is 72.1 Å². The molecule has 0 aliphatic rings. The van der Waals surface area contributed by atoms with Gasteiger partial charge in [-0.2, -0.15) is 0 Å². The predicted octanol–water partition coefficient (Wildman–Crippen LogP) is 4.47. The van der Waals surface area contributed by atoms with Gasteiger partial charge in [0.1, 0.15) is 18.0 Å². The zero-order valence-corrected chi connectivity index (χ0v) is 15.6. The van der Waals surface area contributed by atoms with Gasteiger partial charge >= 0.3 is 5.97 Å². The summed E-state index contributed by atoms with van der Waals surface area (Å²) >= 11 is 0. The highest BCUT2D eigenvalue weighted by Crippen LogP contribution is 2.26. The van der Waals surface area contributed by atoms with Gasteiger partial charge in [0.15, 0.2) is 0 Å². The van der Waals surface area contributed by atoms with Crippen LogP contribution in [-0.2, 0) is 4.74 Å². The van der Waals surface area contributed by atoms with Crippen LogP contribution in [0.2, 0.25) is 0 Å². The molecule has 0 fully saturated rings. The first-order chi connectivity index (χ1) is 13.1. The number of hydrogen-bond donors (Lipinski definition) is 1. The summed E-state index contributed by atoms with van der Waals surface area (Å²) in [4.78, 5) is 22.5. The molecule has 6 heteroatoms. The Hall–Kier alpha value is -3.41. The van der Waals surface area contributed by atoms with Gasteiger partial charge in [-0.15, -0.1) is 0 Å². The number of hydrogen-bond acceptors (Lipinski definition) is 6. The lowest BCUT2D eigenvalue weighted by Gasteiger charge is -2.22. The van der Waals surface area contributed by atoms with E-state index in [9.17, 15) is 4.79 Å². The summed E-state index contributed by atoms with van der Waals surface area (Å²) in [5, 5.41) is 3.22. The van der Waals surface area contributed by atoms with Gasteiger partial charge < -0.3 is 15.0 Å². The molecule has 3 rings (SSSR count). The van der Waals surface area contributed by atoms with Crippen molar-refractivity contribution < 1.29 is 9.53 Å². The van der Waals surface area contributed by atoms with Gasteiger partial charge in [-0.05, 0) is 49.7 Å². The van der Waals surface area contributed by atoms with Crippen LogP contribution in [0, 0.1) is 6.92 Å². The number of nitrogens with one attached hydrogen (secondary N) is 1. The Morgan fingerprint density at radius 2 is 1.93 bits per heavy atom. The molecule has 138 valence electrons. The van der Waals surface area contributed by atoms with E-state index in [0.717, 1.165) is 23.7 Å². The molecular formula is C21H22N4O2. The van der Waals surface area contributed by atoms with Crippen LogP contribution in [0.15, 0.2) is 60.9 Å². The summed E-state index contributed by atoms with van der Waals surface area (Å²) in [5.74, 6) is 1.07. The molecule has 0 aliphatic carbocycles. The lowest BCUT2D eigenvalue weighted by atomic mass is 10.2. The minimum atomic E-state index is -0.376. The van der Waals surface area contributed by atoms with Crippen LogP contribution in [-0.4, -0.2) is 29.6 Å². The molecule has 0 unspecified atom stereocenters. The fourth-order valence-electron chi connectivity index (χ4n) is 2.83. The average molecular weight is 362 g/mol. The van der Waals surface area contributed by atoms with Gasteiger partial charge in [0, 0.05) is 24.0 Å². The second-order valence-electron chi connectivity index (χ2n) is 6.04. The first-order valence-electron chi connectivity index (χ1n) is 8.72. The number of methoxy groups -OCH3 is 1. The van der Waals surface area contributed by atoms with Crippen molar-refractivity contribution in [1.29, 1.82) is 0 Å². The number of nitrogens with zero attached hydrogens (tertiary/aromatic N) is 3. The molecule has 0 aliphatic heterocycles. The number of esters is 1. The van der Waals surface area contributed by atoms with E-state index in [1.54, 1.807) is 18.2 Å². The third-order valence-electron chi connectivity index (χ3n) is 4.11. The Kier molecular flexibility index (Phi) is 5.66. The molecule has 0 spiro atoms. The van der Waals surface area contributed by atoms with Crippen LogP contribution >= 0.6 is 0 Å². The largest absolute Gasteiger partial charge is 0.465 e. The van der Waals surface area contributed by atoms with Crippen LogP contribution < -0.4 is 10.2 Å². The SMILES string of the molecule is CCN(c1cccc(C)c1)c1cc(Nc2cccc(C(=O)OC)c2)ncn1. The smallest absolute Gasteiger partial charge is 0.337 e. The highest BCUT2D eigenvalue weighted by atomic mass is 16.5. The standard InChI is InChI=1S/C21H22N4O2/c1-4-25(18-10-5-7-15(2)11-18)20-13-19(22-14-23-20)24-17-9-6-8-16(12-17)21(26)27-3/h5-14H,4H2,1-3H3,(H,22,23,24). The fourth-order valence-corrected chi connectivity index (χ4v) is 2.83. The summed E-state index contributed by atoms with van der Waals surface area (Å²) in [7, 11) is 1.36. The topological polar surface area (TPSA) is 67.4 Å². The molecule has 0 radical (unpaired) electrons. The number of carbonyl (C=O) groups is 1. The summed E-state index contributed by atoms with van der Waals surface area (Å²) in [6, 6.07) is 17.3. The molecule has 0 atom stereocenters. The van der Waals surface area contributed by atoms with Crippen molar-refractivity contribution in [2.45, 2.75) is 13.8 Å². The van der Waals surface area contributed by atoms with Crippen molar-refractivity contribution in [1.82, 2.24) is 9.97 Å². The number of carbonyl (C=O) groups excluding carboxylic acids is 1. The Morgan fingerprint density at radius 3 is 2.67 bits per heavy atom. The molecule has 0 saturated carbocycles. The summed E-state index contributed by atoms with van der Waals surface area (Å²) in [6.07, 6.45) is 1.53. The number of ether oxygens (including phenoxy) is 1. The predicted molar refractivity (Wildman–Crippen MR) is 107 cm³/mol. The number of aromatic nitrogens is 2. The third-order valence-corrected chi connectivity index (χ3v) is 4.11. The van der Waals surface area contributed by atoms with E-state index in [1.807, 2.05) is 18.2 Å². The van der Waals surface area contributed by atoms with E-state index in [1.165, 1.54) is 19.0 Å². The molecule has 2 aromatic carbocycles. The first-order valence-corrected chi connectivity index (χ1v) is 8.72. The van der Waals surface area contributed by atoms with Gasteiger partial charge in [0.25, 0.3) is 0 Å². The molecule has 1 heterocycles. The Labute approximate surface area is 158 Å².